The van der Waals surface area contributed by atoms with Crippen LogP contribution in [0.25, 0.3) is 21.5 Å². The molecule has 0 amide bonds. The highest BCUT2D eigenvalue weighted by molar-refractivity contribution is 7.08. The van der Waals surface area contributed by atoms with E-state index < -0.39 is 8.07 Å². The van der Waals surface area contributed by atoms with Gasteiger partial charge in [0.25, 0.3) is 0 Å². The summed E-state index contributed by atoms with van der Waals surface area (Å²) in [6, 6.07) is 35.5. The molecule has 1 heteroatoms. The average molecular weight is 363 g/mol. The molecule has 0 unspecified atom stereocenters. The van der Waals surface area contributed by atoms with Gasteiger partial charge in [0.2, 0.25) is 0 Å². The molecular weight excluding hydrogens is 340 g/mol. The maximum Gasteiger partial charge on any atom is 0.114 e. The maximum absolute atomic E-state index is 2.50. The molecule has 0 atom stereocenters. The van der Waals surface area contributed by atoms with Gasteiger partial charge in [-0.2, -0.15) is 0 Å². The molecule has 0 aliphatic carbocycles. The Hall–Kier alpha value is -2.90. The second kappa shape index (κ2) is 6.07. The quantitative estimate of drug-likeness (QED) is 0.369. The summed E-state index contributed by atoms with van der Waals surface area (Å²) in [5.74, 6) is 0. The van der Waals surface area contributed by atoms with Crippen LogP contribution in [0, 0.1) is 0 Å². The van der Waals surface area contributed by atoms with Crippen LogP contribution in [-0.2, 0) is 0 Å². The van der Waals surface area contributed by atoms with Gasteiger partial charge >= 0.3 is 0 Å². The van der Waals surface area contributed by atoms with E-state index in [0.717, 1.165) is 0 Å². The molecule has 1 aliphatic rings. The van der Waals surface area contributed by atoms with Gasteiger partial charge in [-0.3, -0.25) is 0 Å². The molecule has 0 fully saturated rings. The number of hydrogen-bond donors (Lipinski definition) is 0. The molecule has 1 heterocycles. The van der Waals surface area contributed by atoms with Crippen LogP contribution in [-0.4, -0.2) is 8.07 Å². The molecule has 1 aliphatic heterocycles. The molecule has 0 bridgehead atoms. The predicted octanol–water partition coefficient (Wildman–Crippen LogP) is 6.27. The van der Waals surface area contributed by atoms with Crippen molar-refractivity contribution in [1.29, 1.82) is 0 Å². The van der Waals surface area contributed by atoms with Crippen LogP contribution >= 0.6 is 0 Å². The van der Waals surface area contributed by atoms with E-state index in [9.17, 15) is 0 Å². The molecule has 0 saturated carbocycles. The molecule has 0 aromatic heterocycles. The largest absolute Gasteiger partial charge is 0.114 e. The lowest BCUT2D eigenvalue weighted by atomic mass is 9.94. The van der Waals surface area contributed by atoms with Crippen molar-refractivity contribution < 1.29 is 0 Å². The highest BCUT2D eigenvalue weighted by atomic mass is 28.3. The van der Waals surface area contributed by atoms with E-state index in [1.54, 1.807) is 10.4 Å². The predicted molar refractivity (Wildman–Crippen MR) is 120 cm³/mol. The van der Waals surface area contributed by atoms with Crippen LogP contribution in [0.1, 0.15) is 16.7 Å². The van der Waals surface area contributed by atoms with Gasteiger partial charge < -0.3 is 0 Å². The van der Waals surface area contributed by atoms with Gasteiger partial charge in [-0.25, -0.2) is 0 Å². The Labute approximate surface area is 161 Å². The molecule has 0 nitrogen and oxygen atoms in total. The first-order chi connectivity index (χ1) is 13.2. The van der Waals surface area contributed by atoms with Gasteiger partial charge in [-0.05, 0) is 49.5 Å². The van der Waals surface area contributed by atoms with Crippen molar-refractivity contribution in [3.63, 3.8) is 0 Å². The van der Waals surface area contributed by atoms with Crippen molar-refractivity contribution >= 4 is 34.8 Å². The minimum absolute atomic E-state index is 1.32. The zero-order valence-electron chi connectivity index (χ0n) is 15.7. The summed E-state index contributed by atoms with van der Waals surface area (Å²) in [7, 11) is -1.81. The molecule has 5 rings (SSSR count). The fraction of sp³-hybridized carbons (Fsp3) is 0.0769. The van der Waals surface area contributed by atoms with Crippen LogP contribution in [0.3, 0.4) is 0 Å². The third-order valence-corrected chi connectivity index (χ3v) is 9.38. The lowest BCUT2D eigenvalue weighted by molar-refractivity contribution is 1.59. The van der Waals surface area contributed by atoms with Crippen molar-refractivity contribution in [3.05, 3.63) is 114 Å². The lowest BCUT2D eigenvalue weighted by Gasteiger charge is -2.23. The zero-order valence-corrected chi connectivity index (χ0v) is 16.7. The highest BCUT2D eigenvalue weighted by Crippen LogP contribution is 2.44. The summed E-state index contributed by atoms with van der Waals surface area (Å²) in [6.45, 7) is 5.00. The smallest absolute Gasteiger partial charge is 0.0622 e. The third-order valence-electron chi connectivity index (χ3n) is 5.83. The molecule has 0 spiro atoms. The first-order valence-electron chi connectivity index (χ1n) is 9.55. The van der Waals surface area contributed by atoms with E-state index in [4.69, 9.17) is 0 Å². The second-order valence-corrected chi connectivity index (χ2v) is 12.1. The summed E-state index contributed by atoms with van der Waals surface area (Å²) in [5, 5.41) is 5.78. The summed E-state index contributed by atoms with van der Waals surface area (Å²) in [4.78, 5) is 0. The normalized spacial score (nSPS) is 15.2. The molecule has 4 aromatic carbocycles. The van der Waals surface area contributed by atoms with Crippen LogP contribution in [0.4, 0.5) is 0 Å². The Morgan fingerprint density at radius 3 is 1.70 bits per heavy atom. The zero-order chi connectivity index (χ0) is 18.4. The first kappa shape index (κ1) is 16.3. The Bertz CT molecular complexity index is 1170. The topological polar surface area (TPSA) is 0 Å². The summed E-state index contributed by atoms with van der Waals surface area (Å²) >= 11 is 0. The standard InChI is InChI=1S/C26H22Si/c1-27(2)24-18-22-16-10-9-15-21(22)17-23(24)25(19-11-5-3-6-12-19)26(27)20-13-7-4-8-14-20/h3-18H,1-2H3. The number of benzene rings is 4. The summed E-state index contributed by atoms with van der Waals surface area (Å²) < 4.78 is 0. The molecule has 27 heavy (non-hydrogen) atoms. The molecular formula is C26H22Si. The van der Waals surface area contributed by atoms with Gasteiger partial charge in [0.15, 0.2) is 0 Å². The van der Waals surface area contributed by atoms with Crippen LogP contribution in [0.15, 0.2) is 97.1 Å². The van der Waals surface area contributed by atoms with Crippen molar-refractivity contribution in [2.24, 2.45) is 0 Å². The van der Waals surface area contributed by atoms with E-state index in [0.29, 0.717) is 0 Å². The number of rotatable bonds is 2. The average Bonchev–Trinajstić information content (AvgIpc) is 2.94. The van der Waals surface area contributed by atoms with Gasteiger partial charge in [-0.15, -0.1) is 0 Å². The van der Waals surface area contributed by atoms with Crippen molar-refractivity contribution in [2.45, 2.75) is 13.1 Å². The van der Waals surface area contributed by atoms with Gasteiger partial charge in [-0.1, -0.05) is 104 Å². The van der Waals surface area contributed by atoms with E-state index in [1.165, 1.54) is 33.0 Å². The van der Waals surface area contributed by atoms with E-state index >= 15 is 0 Å². The number of fused-ring (bicyclic) bond motifs is 2. The van der Waals surface area contributed by atoms with E-state index in [2.05, 4.69) is 110 Å². The highest BCUT2D eigenvalue weighted by Gasteiger charge is 2.40. The van der Waals surface area contributed by atoms with Gasteiger partial charge in [0, 0.05) is 0 Å². The maximum atomic E-state index is 2.50. The summed E-state index contributed by atoms with van der Waals surface area (Å²) in [5.41, 5.74) is 5.55. The Morgan fingerprint density at radius 2 is 1.07 bits per heavy atom. The number of hydrogen-bond acceptors (Lipinski definition) is 0. The van der Waals surface area contributed by atoms with Crippen LogP contribution in [0.5, 0.6) is 0 Å². The summed E-state index contributed by atoms with van der Waals surface area (Å²) in [6.07, 6.45) is 0. The van der Waals surface area contributed by atoms with Gasteiger partial charge in [0.05, 0.1) is 0 Å². The van der Waals surface area contributed by atoms with Crippen LogP contribution < -0.4 is 5.19 Å². The molecule has 4 aromatic rings. The molecule has 0 N–H and O–H groups in total. The Kier molecular flexibility index (Phi) is 3.66. The lowest BCUT2D eigenvalue weighted by Crippen LogP contribution is -2.40. The van der Waals surface area contributed by atoms with Crippen molar-refractivity contribution in [1.82, 2.24) is 0 Å². The fourth-order valence-corrected chi connectivity index (χ4v) is 8.01. The third kappa shape index (κ3) is 2.50. The Balaban J connectivity index is 1.90. The Morgan fingerprint density at radius 1 is 0.556 bits per heavy atom. The van der Waals surface area contributed by atoms with Crippen LogP contribution in [0.2, 0.25) is 13.1 Å². The van der Waals surface area contributed by atoms with Gasteiger partial charge in [0.1, 0.15) is 8.07 Å². The fourth-order valence-electron chi connectivity index (χ4n) is 4.56. The molecule has 130 valence electrons. The SMILES string of the molecule is C[Si]1(C)C(c2ccccc2)=C(c2ccccc2)c2cc3ccccc3cc21. The monoisotopic (exact) mass is 362 g/mol. The molecule has 0 saturated heterocycles. The molecule has 0 radical (unpaired) electrons. The van der Waals surface area contributed by atoms with Crippen molar-refractivity contribution in [2.75, 3.05) is 0 Å². The second-order valence-electron chi connectivity index (χ2n) is 7.85. The van der Waals surface area contributed by atoms with E-state index in [1.807, 2.05) is 0 Å². The first-order valence-corrected chi connectivity index (χ1v) is 12.6. The minimum atomic E-state index is -1.81. The van der Waals surface area contributed by atoms with E-state index in [-0.39, 0.29) is 0 Å². The van der Waals surface area contributed by atoms with Crippen molar-refractivity contribution in [3.8, 4) is 0 Å². The minimum Gasteiger partial charge on any atom is -0.0622 e.